The minimum absolute atomic E-state index is 0.372. The van der Waals surface area contributed by atoms with Crippen LogP contribution in [-0.2, 0) is 0 Å². The summed E-state index contributed by atoms with van der Waals surface area (Å²) in [5, 5.41) is 5.36. The summed E-state index contributed by atoms with van der Waals surface area (Å²) in [6.45, 7) is 0. The van der Waals surface area contributed by atoms with Crippen LogP contribution in [0, 0.1) is 0 Å². The van der Waals surface area contributed by atoms with E-state index in [-0.39, 0.29) is 6.03 Å². The van der Waals surface area contributed by atoms with Crippen LogP contribution in [0.2, 0.25) is 0 Å². The average Bonchev–Trinajstić information content (AvgIpc) is 2.55. The molecule has 0 unspecified atom stereocenters. The van der Waals surface area contributed by atoms with E-state index in [9.17, 15) is 4.79 Å². The Morgan fingerprint density at radius 2 is 1.96 bits per heavy atom. The first-order chi connectivity index (χ1) is 11.1. The van der Waals surface area contributed by atoms with Gasteiger partial charge in [0.1, 0.15) is 11.5 Å². The summed E-state index contributed by atoms with van der Waals surface area (Å²) in [5.74, 6) is 1.18. The van der Waals surface area contributed by atoms with E-state index in [4.69, 9.17) is 9.47 Å². The minimum Gasteiger partial charge on any atom is -0.497 e. The first kappa shape index (κ1) is 16.9. The van der Waals surface area contributed by atoms with Crippen molar-refractivity contribution in [2.75, 3.05) is 19.5 Å². The Hall–Kier alpha value is -2.47. The Bertz CT molecular complexity index is 717. The highest BCUT2D eigenvalue weighted by Crippen LogP contribution is 2.28. The highest BCUT2D eigenvalue weighted by atomic mass is 79.9. The molecule has 0 aliphatic heterocycles. The third kappa shape index (κ3) is 5.03. The lowest BCUT2D eigenvalue weighted by molar-refractivity contribution is 0.255. The number of halogens is 1. The number of amides is 2. The van der Waals surface area contributed by atoms with Gasteiger partial charge >= 0.3 is 6.03 Å². The highest BCUT2D eigenvalue weighted by molar-refractivity contribution is 9.10. The molecule has 0 saturated carbocycles. The van der Waals surface area contributed by atoms with Crippen molar-refractivity contribution in [3.8, 4) is 11.5 Å². The number of hydrogen-bond acceptors (Lipinski definition) is 3. The molecule has 0 atom stereocenters. The lowest BCUT2D eigenvalue weighted by Crippen LogP contribution is -2.24. The molecule has 2 aromatic carbocycles. The maximum Gasteiger partial charge on any atom is 0.323 e. The van der Waals surface area contributed by atoms with E-state index in [2.05, 4.69) is 26.6 Å². The molecule has 0 aromatic heterocycles. The molecule has 2 aromatic rings. The van der Waals surface area contributed by atoms with Crippen LogP contribution in [0.25, 0.3) is 6.08 Å². The van der Waals surface area contributed by atoms with Gasteiger partial charge in [0.05, 0.1) is 19.9 Å². The normalized spacial score (nSPS) is 10.4. The van der Waals surface area contributed by atoms with Crippen LogP contribution in [0.4, 0.5) is 10.5 Å². The molecule has 0 aliphatic carbocycles. The average molecular weight is 377 g/mol. The van der Waals surface area contributed by atoms with Gasteiger partial charge in [-0.3, -0.25) is 0 Å². The predicted octanol–water partition coefficient (Wildman–Crippen LogP) is 4.26. The fraction of sp³-hybridized carbons (Fsp3) is 0.118. The predicted molar refractivity (Wildman–Crippen MR) is 94.9 cm³/mol. The van der Waals surface area contributed by atoms with Crippen molar-refractivity contribution in [1.82, 2.24) is 5.32 Å². The van der Waals surface area contributed by atoms with Crippen LogP contribution in [0.1, 0.15) is 5.56 Å². The number of anilines is 1. The van der Waals surface area contributed by atoms with E-state index >= 15 is 0 Å². The van der Waals surface area contributed by atoms with Crippen molar-refractivity contribution in [2.24, 2.45) is 0 Å². The maximum atomic E-state index is 12.0. The number of carbonyl (C=O) groups is 1. The van der Waals surface area contributed by atoms with Gasteiger partial charge in [0.25, 0.3) is 0 Å². The Labute approximate surface area is 143 Å². The third-order valence-corrected chi connectivity index (χ3v) is 3.49. The lowest BCUT2D eigenvalue weighted by Gasteiger charge is -2.11. The van der Waals surface area contributed by atoms with Crippen LogP contribution in [0.15, 0.2) is 53.1 Å². The van der Waals surface area contributed by atoms with Crippen LogP contribution >= 0.6 is 15.9 Å². The van der Waals surface area contributed by atoms with Gasteiger partial charge in [-0.1, -0.05) is 28.1 Å². The number of hydrogen-bond donors (Lipinski definition) is 2. The third-order valence-electron chi connectivity index (χ3n) is 2.99. The zero-order valence-electron chi connectivity index (χ0n) is 12.8. The summed E-state index contributed by atoms with van der Waals surface area (Å²) in [7, 11) is 3.10. The monoisotopic (exact) mass is 376 g/mol. The smallest absolute Gasteiger partial charge is 0.323 e. The van der Waals surface area contributed by atoms with Crippen LogP contribution < -0.4 is 20.1 Å². The second-order valence-electron chi connectivity index (χ2n) is 4.55. The molecule has 2 N–H and O–H groups in total. The van der Waals surface area contributed by atoms with Gasteiger partial charge in [-0.2, -0.15) is 0 Å². The van der Waals surface area contributed by atoms with E-state index in [1.54, 1.807) is 37.6 Å². The van der Waals surface area contributed by atoms with Crippen LogP contribution in [-0.4, -0.2) is 20.3 Å². The summed E-state index contributed by atoms with van der Waals surface area (Å²) in [5.41, 5.74) is 1.50. The summed E-state index contributed by atoms with van der Waals surface area (Å²) < 4.78 is 11.3. The van der Waals surface area contributed by atoms with E-state index in [1.165, 1.54) is 7.11 Å². The number of urea groups is 1. The molecular weight excluding hydrogens is 360 g/mol. The summed E-state index contributed by atoms with van der Waals surface area (Å²) in [6, 6.07) is 12.5. The molecule has 6 heteroatoms. The van der Waals surface area contributed by atoms with Gasteiger partial charge in [0.15, 0.2) is 0 Å². The van der Waals surface area contributed by atoms with Crippen LogP contribution in [0.3, 0.4) is 0 Å². The van der Waals surface area contributed by atoms with Crippen molar-refractivity contribution in [1.29, 1.82) is 0 Å². The lowest BCUT2D eigenvalue weighted by atomic mass is 10.2. The number of methoxy groups -OCH3 is 2. The SMILES string of the molecule is COc1ccc(OC)c(NC(=O)N/C=C/c2cccc(Br)c2)c1. The van der Waals surface area contributed by atoms with Crippen molar-refractivity contribution in [3.63, 3.8) is 0 Å². The number of ether oxygens (including phenoxy) is 2. The van der Waals surface area contributed by atoms with E-state index in [0.29, 0.717) is 17.2 Å². The minimum atomic E-state index is -0.372. The molecular formula is C17H17BrN2O3. The Kier molecular flexibility index (Phi) is 6.05. The van der Waals surface area contributed by atoms with Gasteiger partial charge < -0.3 is 20.1 Å². The topological polar surface area (TPSA) is 59.6 Å². The molecule has 0 aliphatic rings. The molecule has 0 spiro atoms. The molecule has 0 fully saturated rings. The largest absolute Gasteiger partial charge is 0.497 e. The fourth-order valence-corrected chi connectivity index (χ4v) is 2.31. The van der Waals surface area contributed by atoms with E-state index in [1.807, 2.05) is 24.3 Å². The molecule has 0 heterocycles. The van der Waals surface area contributed by atoms with E-state index in [0.717, 1.165) is 10.0 Å². The molecule has 120 valence electrons. The van der Waals surface area contributed by atoms with Crippen LogP contribution in [0.5, 0.6) is 11.5 Å². The van der Waals surface area contributed by atoms with Gasteiger partial charge in [-0.05, 0) is 35.9 Å². The molecule has 23 heavy (non-hydrogen) atoms. The summed E-state index contributed by atoms with van der Waals surface area (Å²) in [6.07, 6.45) is 3.37. The number of benzene rings is 2. The van der Waals surface area contributed by atoms with Crippen molar-refractivity contribution >= 4 is 33.7 Å². The van der Waals surface area contributed by atoms with Crippen molar-refractivity contribution < 1.29 is 14.3 Å². The number of nitrogens with one attached hydrogen (secondary N) is 2. The maximum absolute atomic E-state index is 12.0. The first-order valence-corrected chi connectivity index (χ1v) is 7.63. The first-order valence-electron chi connectivity index (χ1n) is 6.84. The summed E-state index contributed by atoms with van der Waals surface area (Å²) >= 11 is 3.40. The summed E-state index contributed by atoms with van der Waals surface area (Å²) in [4.78, 5) is 12.0. The Morgan fingerprint density at radius 3 is 2.65 bits per heavy atom. The second-order valence-corrected chi connectivity index (χ2v) is 5.47. The molecule has 2 amide bonds. The van der Waals surface area contributed by atoms with Gasteiger partial charge in [-0.15, -0.1) is 0 Å². The van der Waals surface area contributed by atoms with Gasteiger partial charge in [-0.25, -0.2) is 4.79 Å². The molecule has 0 saturated heterocycles. The Morgan fingerprint density at radius 1 is 1.13 bits per heavy atom. The Balaban J connectivity index is 1.99. The molecule has 0 radical (unpaired) electrons. The number of carbonyl (C=O) groups excluding carboxylic acids is 1. The molecule has 0 bridgehead atoms. The molecule has 5 nitrogen and oxygen atoms in total. The standard InChI is InChI=1S/C17H17BrN2O3/c1-22-14-6-7-16(23-2)15(11-14)20-17(21)19-9-8-12-4-3-5-13(18)10-12/h3-11H,1-2H3,(H2,19,20,21)/b9-8+. The molecule has 2 rings (SSSR count). The highest BCUT2D eigenvalue weighted by Gasteiger charge is 2.07. The zero-order valence-corrected chi connectivity index (χ0v) is 14.4. The second kappa shape index (κ2) is 8.24. The number of rotatable bonds is 5. The quantitative estimate of drug-likeness (QED) is 0.819. The van der Waals surface area contributed by atoms with Gasteiger partial charge in [0, 0.05) is 16.7 Å². The van der Waals surface area contributed by atoms with Gasteiger partial charge in [0.2, 0.25) is 0 Å². The van der Waals surface area contributed by atoms with Crippen molar-refractivity contribution in [3.05, 3.63) is 58.7 Å². The van der Waals surface area contributed by atoms with E-state index < -0.39 is 0 Å². The zero-order chi connectivity index (χ0) is 16.7. The van der Waals surface area contributed by atoms with Crippen molar-refractivity contribution in [2.45, 2.75) is 0 Å². The fourth-order valence-electron chi connectivity index (χ4n) is 1.89.